The third-order valence-electron chi connectivity index (χ3n) is 3.02. The van der Waals surface area contributed by atoms with Crippen molar-refractivity contribution in [3.63, 3.8) is 0 Å². The summed E-state index contributed by atoms with van der Waals surface area (Å²) in [6.45, 7) is 0.288. The molecule has 0 fully saturated rings. The Kier molecular flexibility index (Phi) is 2.81. The van der Waals surface area contributed by atoms with Gasteiger partial charge in [-0.3, -0.25) is 9.78 Å². The molecule has 0 saturated carbocycles. The molecule has 3 rings (SSSR count). The molecular weight excluding hydrogens is 240 g/mol. The Balaban J connectivity index is 2.27. The lowest BCUT2D eigenvalue weighted by Gasteiger charge is -2.05. The standard InChI is InChI=1S/C14H12N4O/c15-8-13-10-5-4-9(12-3-1-2-6-16-12)7-11(10)14(19)18-17-13/h1-7H,8,15H2,(H,18,19). The van der Waals surface area contributed by atoms with E-state index in [1.807, 2.05) is 36.4 Å². The number of aromatic nitrogens is 3. The van der Waals surface area contributed by atoms with E-state index in [9.17, 15) is 4.79 Å². The summed E-state index contributed by atoms with van der Waals surface area (Å²) in [5.74, 6) is 0. The summed E-state index contributed by atoms with van der Waals surface area (Å²) in [6.07, 6.45) is 1.72. The van der Waals surface area contributed by atoms with Gasteiger partial charge in [-0.25, -0.2) is 5.10 Å². The lowest BCUT2D eigenvalue weighted by Crippen LogP contribution is -2.13. The van der Waals surface area contributed by atoms with Crippen molar-refractivity contribution < 1.29 is 0 Å². The highest BCUT2D eigenvalue weighted by Crippen LogP contribution is 2.21. The minimum atomic E-state index is -0.218. The molecule has 94 valence electrons. The molecular formula is C14H12N4O. The summed E-state index contributed by atoms with van der Waals surface area (Å²) in [4.78, 5) is 16.1. The van der Waals surface area contributed by atoms with Crippen LogP contribution in [0.1, 0.15) is 5.69 Å². The Labute approximate surface area is 109 Å². The van der Waals surface area contributed by atoms with Crippen LogP contribution in [0, 0.1) is 0 Å². The number of rotatable bonds is 2. The zero-order valence-corrected chi connectivity index (χ0v) is 10.1. The largest absolute Gasteiger partial charge is 0.325 e. The number of H-pyrrole nitrogens is 1. The van der Waals surface area contributed by atoms with Crippen molar-refractivity contribution in [3.8, 4) is 11.3 Å². The van der Waals surface area contributed by atoms with E-state index in [2.05, 4.69) is 15.2 Å². The first-order chi connectivity index (χ1) is 9.29. The van der Waals surface area contributed by atoms with Gasteiger partial charge in [-0.1, -0.05) is 18.2 Å². The Morgan fingerprint density at radius 1 is 1.16 bits per heavy atom. The Morgan fingerprint density at radius 3 is 2.79 bits per heavy atom. The molecule has 2 aromatic heterocycles. The second kappa shape index (κ2) is 4.62. The van der Waals surface area contributed by atoms with Crippen molar-refractivity contribution in [1.82, 2.24) is 15.2 Å². The third-order valence-corrected chi connectivity index (χ3v) is 3.02. The monoisotopic (exact) mass is 252 g/mol. The van der Waals surface area contributed by atoms with Crippen molar-refractivity contribution in [2.75, 3.05) is 0 Å². The highest BCUT2D eigenvalue weighted by Gasteiger charge is 2.07. The smallest absolute Gasteiger partial charge is 0.272 e. The molecule has 3 aromatic rings. The number of hydrogen-bond donors (Lipinski definition) is 2. The van der Waals surface area contributed by atoms with Crippen LogP contribution < -0.4 is 11.3 Å². The summed E-state index contributed by atoms with van der Waals surface area (Å²) >= 11 is 0. The molecule has 0 radical (unpaired) electrons. The van der Waals surface area contributed by atoms with Crippen molar-refractivity contribution in [2.24, 2.45) is 5.73 Å². The van der Waals surface area contributed by atoms with Crippen LogP contribution in [0.5, 0.6) is 0 Å². The van der Waals surface area contributed by atoms with Crippen LogP contribution >= 0.6 is 0 Å². The Bertz CT molecular complexity index is 780. The van der Waals surface area contributed by atoms with E-state index < -0.39 is 0 Å². The maximum absolute atomic E-state index is 11.9. The van der Waals surface area contributed by atoms with Gasteiger partial charge in [0.05, 0.1) is 16.8 Å². The molecule has 0 spiro atoms. The summed E-state index contributed by atoms with van der Waals surface area (Å²) in [5, 5.41) is 7.78. The van der Waals surface area contributed by atoms with E-state index in [-0.39, 0.29) is 12.1 Å². The van der Waals surface area contributed by atoms with Crippen LogP contribution in [0.2, 0.25) is 0 Å². The Morgan fingerprint density at radius 2 is 2.05 bits per heavy atom. The number of pyridine rings is 1. The molecule has 0 amide bonds. The number of hydrogen-bond acceptors (Lipinski definition) is 4. The topological polar surface area (TPSA) is 84.7 Å². The summed E-state index contributed by atoms with van der Waals surface area (Å²) < 4.78 is 0. The predicted molar refractivity (Wildman–Crippen MR) is 73.5 cm³/mol. The average Bonchev–Trinajstić information content (AvgIpc) is 2.48. The van der Waals surface area contributed by atoms with Crippen LogP contribution in [0.4, 0.5) is 0 Å². The number of nitrogens with one attached hydrogen (secondary N) is 1. The van der Waals surface area contributed by atoms with Crippen LogP contribution in [-0.2, 0) is 6.54 Å². The van der Waals surface area contributed by atoms with Gasteiger partial charge in [0.25, 0.3) is 5.56 Å². The van der Waals surface area contributed by atoms with Gasteiger partial charge in [-0.05, 0) is 18.2 Å². The average molecular weight is 252 g/mol. The summed E-state index contributed by atoms with van der Waals surface area (Å²) in [7, 11) is 0. The molecule has 0 aliphatic heterocycles. The molecule has 19 heavy (non-hydrogen) atoms. The van der Waals surface area contributed by atoms with Crippen molar-refractivity contribution in [2.45, 2.75) is 6.54 Å². The quantitative estimate of drug-likeness (QED) is 0.722. The van der Waals surface area contributed by atoms with E-state index in [0.29, 0.717) is 11.1 Å². The molecule has 0 bridgehead atoms. The third kappa shape index (κ3) is 2.00. The minimum absolute atomic E-state index is 0.218. The molecule has 0 atom stereocenters. The van der Waals surface area contributed by atoms with E-state index in [1.165, 1.54) is 0 Å². The van der Waals surface area contributed by atoms with Gasteiger partial charge in [0, 0.05) is 23.7 Å². The zero-order chi connectivity index (χ0) is 13.2. The summed E-state index contributed by atoms with van der Waals surface area (Å²) in [5.41, 5.74) is 7.81. The van der Waals surface area contributed by atoms with Crippen molar-refractivity contribution in [3.05, 3.63) is 58.6 Å². The molecule has 0 aliphatic rings. The fraction of sp³-hybridized carbons (Fsp3) is 0.0714. The van der Waals surface area contributed by atoms with Gasteiger partial charge in [-0.2, -0.15) is 5.10 Å². The molecule has 5 heteroatoms. The lowest BCUT2D eigenvalue weighted by molar-refractivity contribution is 0.900. The first kappa shape index (κ1) is 11.6. The zero-order valence-electron chi connectivity index (χ0n) is 10.1. The number of aromatic amines is 1. The normalized spacial score (nSPS) is 10.8. The van der Waals surface area contributed by atoms with Gasteiger partial charge in [-0.15, -0.1) is 0 Å². The highest BCUT2D eigenvalue weighted by atomic mass is 16.1. The van der Waals surface area contributed by atoms with E-state index in [0.717, 1.165) is 16.6 Å². The molecule has 0 unspecified atom stereocenters. The van der Waals surface area contributed by atoms with Gasteiger partial charge in [0.1, 0.15) is 0 Å². The van der Waals surface area contributed by atoms with Gasteiger partial charge >= 0.3 is 0 Å². The van der Waals surface area contributed by atoms with E-state index in [1.54, 1.807) is 6.20 Å². The SMILES string of the molecule is NCc1n[nH]c(=O)c2cc(-c3ccccn3)ccc12. The van der Waals surface area contributed by atoms with E-state index >= 15 is 0 Å². The van der Waals surface area contributed by atoms with Crippen LogP contribution in [0.15, 0.2) is 47.4 Å². The van der Waals surface area contributed by atoms with Gasteiger partial charge in [0.2, 0.25) is 0 Å². The molecule has 1 aromatic carbocycles. The molecule has 0 saturated heterocycles. The maximum atomic E-state index is 11.9. The van der Waals surface area contributed by atoms with E-state index in [4.69, 9.17) is 5.73 Å². The van der Waals surface area contributed by atoms with Gasteiger partial charge in [0.15, 0.2) is 0 Å². The number of fused-ring (bicyclic) bond motifs is 1. The lowest BCUT2D eigenvalue weighted by atomic mass is 10.0. The second-order valence-corrected chi connectivity index (χ2v) is 4.18. The highest BCUT2D eigenvalue weighted by molar-refractivity contribution is 5.87. The molecule has 2 heterocycles. The predicted octanol–water partition coefficient (Wildman–Crippen LogP) is 1.44. The van der Waals surface area contributed by atoms with Crippen LogP contribution in [0.25, 0.3) is 22.0 Å². The first-order valence-corrected chi connectivity index (χ1v) is 5.92. The fourth-order valence-corrected chi connectivity index (χ4v) is 2.07. The summed E-state index contributed by atoms with van der Waals surface area (Å²) in [6, 6.07) is 11.3. The minimum Gasteiger partial charge on any atom is -0.325 e. The van der Waals surface area contributed by atoms with Crippen LogP contribution in [0.3, 0.4) is 0 Å². The first-order valence-electron chi connectivity index (χ1n) is 5.92. The maximum Gasteiger partial charge on any atom is 0.272 e. The van der Waals surface area contributed by atoms with Crippen molar-refractivity contribution >= 4 is 10.8 Å². The van der Waals surface area contributed by atoms with Crippen LogP contribution in [-0.4, -0.2) is 15.2 Å². The molecule has 3 N–H and O–H groups in total. The van der Waals surface area contributed by atoms with Crippen molar-refractivity contribution in [1.29, 1.82) is 0 Å². The fourth-order valence-electron chi connectivity index (χ4n) is 2.07. The second-order valence-electron chi connectivity index (χ2n) is 4.18. The molecule has 0 aliphatic carbocycles. The number of benzene rings is 1. The number of nitrogens with zero attached hydrogens (tertiary/aromatic N) is 2. The molecule has 5 nitrogen and oxygen atoms in total. The number of nitrogens with two attached hydrogens (primary N) is 1. The Hall–Kier alpha value is -2.53. The van der Waals surface area contributed by atoms with Gasteiger partial charge < -0.3 is 5.73 Å².